The van der Waals surface area contributed by atoms with Gasteiger partial charge in [0.2, 0.25) is 0 Å². The minimum Gasteiger partial charge on any atom is -0.404 e. The van der Waals surface area contributed by atoms with Gasteiger partial charge in [0.25, 0.3) is 0 Å². The Hall–Kier alpha value is -1.68. The second kappa shape index (κ2) is 8.47. The van der Waals surface area contributed by atoms with Crippen LogP contribution in [-0.4, -0.2) is 17.4 Å². The number of aliphatic imine (C=N–C) groups is 1. The summed E-state index contributed by atoms with van der Waals surface area (Å²) in [7, 11) is 0. The number of hydrogen-bond donors (Lipinski definition) is 2. The van der Waals surface area contributed by atoms with Gasteiger partial charge in [0.1, 0.15) is 5.82 Å². The molecule has 1 atom stereocenters. The summed E-state index contributed by atoms with van der Waals surface area (Å²) in [6.45, 7) is 5.56. The van der Waals surface area contributed by atoms with E-state index in [-0.39, 0.29) is 5.69 Å². The summed E-state index contributed by atoms with van der Waals surface area (Å²) in [5, 5.41) is 9.23. The molecule has 0 saturated carbocycles. The second-order valence-corrected chi connectivity index (χ2v) is 3.05. The van der Waals surface area contributed by atoms with Gasteiger partial charge in [-0.15, -0.1) is 0 Å². The lowest BCUT2D eigenvalue weighted by molar-refractivity contribution is 0.238. The number of nitrogens with two attached hydrogens (primary N) is 1. The molecule has 0 amide bonds. The number of aliphatic hydroxyl groups is 1. The van der Waals surface area contributed by atoms with Crippen molar-refractivity contribution in [2.45, 2.75) is 26.9 Å². The Morgan fingerprint density at radius 1 is 1.41 bits per heavy atom. The van der Waals surface area contributed by atoms with Gasteiger partial charge in [-0.3, -0.25) is 4.99 Å². The Kier molecular flexibility index (Phi) is 7.63. The number of rotatable bonds is 3. The van der Waals surface area contributed by atoms with Crippen LogP contribution in [0.2, 0.25) is 0 Å². The first-order valence-corrected chi connectivity index (χ1v) is 5.53. The molecule has 0 saturated heterocycles. The van der Waals surface area contributed by atoms with Crippen molar-refractivity contribution < 1.29 is 9.50 Å². The summed E-state index contributed by atoms with van der Waals surface area (Å²) >= 11 is 0. The first-order valence-electron chi connectivity index (χ1n) is 5.53. The van der Waals surface area contributed by atoms with Crippen LogP contribution in [0, 0.1) is 5.82 Å². The molecular formula is C13H19FN2O. The number of para-hydroxylation sites is 1. The highest BCUT2D eigenvalue weighted by Crippen LogP contribution is 2.16. The molecule has 0 aliphatic heterocycles. The molecule has 94 valence electrons. The third-order valence-electron chi connectivity index (χ3n) is 1.88. The van der Waals surface area contributed by atoms with Crippen LogP contribution in [0.1, 0.15) is 20.8 Å². The van der Waals surface area contributed by atoms with E-state index < -0.39 is 11.9 Å². The third kappa shape index (κ3) is 5.26. The van der Waals surface area contributed by atoms with Crippen LogP contribution in [0.3, 0.4) is 0 Å². The molecule has 1 unspecified atom stereocenters. The van der Waals surface area contributed by atoms with Crippen molar-refractivity contribution in [3.05, 3.63) is 41.9 Å². The largest absolute Gasteiger partial charge is 0.404 e. The van der Waals surface area contributed by atoms with Gasteiger partial charge < -0.3 is 10.8 Å². The lowest BCUT2D eigenvalue weighted by atomic mass is 10.2. The summed E-state index contributed by atoms with van der Waals surface area (Å²) < 4.78 is 13.1. The van der Waals surface area contributed by atoms with Gasteiger partial charge in [0, 0.05) is 18.0 Å². The topological polar surface area (TPSA) is 58.6 Å². The molecule has 4 heteroatoms. The van der Waals surface area contributed by atoms with E-state index in [2.05, 4.69) is 4.99 Å². The Bertz CT molecular complexity index is 387. The molecular weight excluding hydrogens is 219 g/mol. The van der Waals surface area contributed by atoms with Crippen molar-refractivity contribution in [2.75, 3.05) is 0 Å². The SMILES string of the molecule is CC.CC(O)/C(C=Nc1ccccc1F)=C/N. The summed E-state index contributed by atoms with van der Waals surface area (Å²) in [5.74, 6) is -0.407. The lowest BCUT2D eigenvalue weighted by Crippen LogP contribution is -2.07. The molecule has 0 spiro atoms. The minimum atomic E-state index is -0.717. The fourth-order valence-electron chi connectivity index (χ4n) is 0.991. The molecule has 1 aromatic carbocycles. The predicted octanol–water partition coefficient (Wildman–Crippen LogP) is 2.78. The monoisotopic (exact) mass is 238 g/mol. The van der Waals surface area contributed by atoms with E-state index in [0.29, 0.717) is 5.57 Å². The standard InChI is InChI=1S/C11H13FN2O.C2H6/c1-8(15)9(6-13)7-14-11-5-3-2-4-10(11)12;1-2/h2-8,15H,13H2,1H3;1-2H3/b9-6+,14-7?;. The van der Waals surface area contributed by atoms with Gasteiger partial charge >= 0.3 is 0 Å². The molecule has 1 aromatic rings. The van der Waals surface area contributed by atoms with E-state index in [9.17, 15) is 9.50 Å². The summed E-state index contributed by atoms with van der Waals surface area (Å²) in [4.78, 5) is 3.89. The molecule has 1 rings (SSSR count). The van der Waals surface area contributed by atoms with E-state index in [1.807, 2.05) is 13.8 Å². The van der Waals surface area contributed by atoms with Crippen LogP contribution in [0.15, 0.2) is 41.0 Å². The zero-order valence-corrected chi connectivity index (χ0v) is 10.4. The predicted molar refractivity (Wildman–Crippen MR) is 69.9 cm³/mol. The van der Waals surface area contributed by atoms with Crippen LogP contribution < -0.4 is 5.73 Å². The van der Waals surface area contributed by atoms with Crippen molar-refractivity contribution in [2.24, 2.45) is 10.7 Å². The number of hydrogen-bond acceptors (Lipinski definition) is 3. The Balaban J connectivity index is 0.00000121. The van der Waals surface area contributed by atoms with Crippen molar-refractivity contribution in [1.29, 1.82) is 0 Å². The van der Waals surface area contributed by atoms with E-state index in [1.165, 1.54) is 18.5 Å². The highest BCUT2D eigenvalue weighted by atomic mass is 19.1. The zero-order valence-electron chi connectivity index (χ0n) is 10.4. The van der Waals surface area contributed by atoms with Crippen LogP contribution >= 0.6 is 0 Å². The number of nitrogens with zero attached hydrogens (tertiary/aromatic N) is 1. The maximum atomic E-state index is 13.1. The number of aliphatic hydroxyl groups excluding tert-OH is 1. The maximum absolute atomic E-state index is 13.1. The lowest BCUT2D eigenvalue weighted by Gasteiger charge is -2.03. The van der Waals surface area contributed by atoms with Crippen LogP contribution in [0.4, 0.5) is 10.1 Å². The maximum Gasteiger partial charge on any atom is 0.148 e. The van der Waals surface area contributed by atoms with E-state index in [0.717, 1.165) is 0 Å². The van der Waals surface area contributed by atoms with Crippen LogP contribution in [-0.2, 0) is 0 Å². The molecule has 0 aliphatic carbocycles. The summed E-state index contributed by atoms with van der Waals surface area (Å²) in [5.41, 5.74) is 5.93. The zero-order chi connectivity index (χ0) is 13.3. The highest BCUT2D eigenvalue weighted by Gasteiger charge is 2.01. The molecule has 0 bridgehead atoms. The summed E-state index contributed by atoms with van der Waals surface area (Å²) in [6, 6.07) is 6.13. The van der Waals surface area contributed by atoms with Crippen molar-refractivity contribution in [1.82, 2.24) is 0 Å². The van der Waals surface area contributed by atoms with Crippen LogP contribution in [0.5, 0.6) is 0 Å². The quantitative estimate of drug-likeness (QED) is 0.795. The number of halogens is 1. The van der Waals surface area contributed by atoms with Gasteiger partial charge in [-0.2, -0.15) is 0 Å². The van der Waals surface area contributed by atoms with Gasteiger partial charge in [0.15, 0.2) is 0 Å². The van der Waals surface area contributed by atoms with Gasteiger partial charge in [-0.25, -0.2) is 4.39 Å². The molecule has 0 heterocycles. The van der Waals surface area contributed by atoms with Crippen molar-refractivity contribution in [3.8, 4) is 0 Å². The highest BCUT2D eigenvalue weighted by molar-refractivity contribution is 5.81. The van der Waals surface area contributed by atoms with E-state index in [4.69, 9.17) is 5.73 Å². The van der Waals surface area contributed by atoms with Gasteiger partial charge in [-0.1, -0.05) is 26.0 Å². The summed E-state index contributed by atoms with van der Waals surface area (Å²) in [6.07, 6.45) is 1.88. The van der Waals surface area contributed by atoms with Gasteiger partial charge in [0.05, 0.1) is 11.8 Å². The van der Waals surface area contributed by atoms with Crippen LogP contribution in [0.25, 0.3) is 0 Å². The number of benzene rings is 1. The fraction of sp³-hybridized carbons (Fsp3) is 0.308. The van der Waals surface area contributed by atoms with E-state index >= 15 is 0 Å². The normalized spacial score (nSPS) is 13.1. The molecule has 0 fully saturated rings. The molecule has 0 aromatic heterocycles. The molecule has 17 heavy (non-hydrogen) atoms. The third-order valence-corrected chi connectivity index (χ3v) is 1.88. The molecule has 3 N–H and O–H groups in total. The molecule has 0 radical (unpaired) electrons. The Morgan fingerprint density at radius 2 is 2.00 bits per heavy atom. The minimum absolute atomic E-state index is 0.220. The Morgan fingerprint density at radius 3 is 2.47 bits per heavy atom. The van der Waals surface area contributed by atoms with Crippen molar-refractivity contribution in [3.63, 3.8) is 0 Å². The first-order chi connectivity index (χ1) is 8.15. The Labute approximate surface area is 101 Å². The smallest absolute Gasteiger partial charge is 0.148 e. The molecule has 3 nitrogen and oxygen atoms in total. The van der Waals surface area contributed by atoms with Gasteiger partial charge in [-0.05, 0) is 19.1 Å². The van der Waals surface area contributed by atoms with E-state index in [1.54, 1.807) is 25.1 Å². The fourth-order valence-corrected chi connectivity index (χ4v) is 0.991. The average Bonchev–Trinajstić information content (AvgIpc) is 2.34. The van der Waals surface area contributed by atoms with Crippen molar-refractivity contribution >= 4 is 11.9 Å². The average molecular weight is 238 g/mol. The molecule has 0 aliphatic rings. The second-order valence-electron chi connectivity index (χ2n) is 3.05. The first kappa shape index (κ1) is 15.3.